The first-order valence-corrected chi connectivity index (χ1v) is 5.57. The molecule has 4 nitrogen and oxygen atoms in total. The zero-order valence-electron chi connectivity index (χ0n) is 9.20. The van der Waals surface area contributed by atoms with Gasteiger partial charge in [0.2, 0.25) is 0 Å². The average molecular weight is 219 g/mol. The molecule has 0 amide bonds. The number of nitrogens with one attached hydrogen (secondary N) is 2. The number of hydrogen-bond acceptors (Lipinski definition) is 4. The second kappa shape index (κ2) is 4.99. The lowest BCUT2D eigenvalue weighted by molar-refractivity contribution is 0.0961. The van der Waals surface area contributed by atoms with Gasteiger partial charge in [0.15, 0.2) is 0 Å². The zero-order chi connectivity index (χ0) is 11.4. The molecule has 1 fully saturated rings. The van der Waals surface area contributed by atoms with Gasteiger partial charge in [0.25, 0.3) is 0 Å². The van der Waals surface area contributed by atoms with Crippen LogP contribution in [0.3, 0.4) is 0 Å². The van der Waals surface area contributed by atoms with Crippen LogP contribution < -0.4 is 11.1 Å². The van der Waals surface area contributed by atoms with E-state index in [1.54, 1.807) is 6.08 Å². The van der Waals surface area contributed by atoms with E-state index in [1.807, 2.05) is 12.2 Å². The van der Waals surface area contributed by atoms with E-state index in [1.165, 1.54) is 6.20 Å². The van der Waals surface area contributed by atoms with E-state index in [0.29, 0.717) is 5.71 Å². The van der Waals surface area contributed by atoms with Crippen molar-refractivity contribution in [1.82, 2.24) is 5.32 Å². The van der Waals surface area contributed by atoms with Gasteiger partial charge in [-0.1, -0.05) is 0 Å². The van der Waals surface area contributed by atoms with Crippen LogP contribution in [0.5, 0.6) is 0 Å². The van der Waals surface area contributed by atoms with Gasteiger partial charge in [0.05, 0.1) is 5.71 Å². The largest absolute Gasteiger partial charge is 0.490 e. The normalized spacial score (nSPS) is 24.6. The fourth-order valence-corrected chi connectivity index (χ4v) is 1.86. The Bertz CT molecular complexity index is 362. The molecule has 2 aliphatic rings. The van der Waals surface area contributed by atoms with Gasteiger partial charge in [-0.05, 0) is 38.1 Å². The van der Waals surface area contributed by atoms with Crippen LogP contribution in [0.2, 0.25) is 0 Å². The van der Waals surface area contributed by atoms with Crippen molar-refractivity contribution in [3.05, 3.63) is 35.8 Å². The van der Waals surface area contributed by atoms with Crippen molar-refractivity contribution in [2.75, 3.05) is 13.1 Å². The average Bonchev–Trinajstić information content (AvgIpc) is 2.31. The van der Waals surface area contributed by atoms with Gasteiger partial charge in [-0.15, -0.1) is 0 Å². The van der Waals surface area contributed by atoms with Gasteiger partial charge in [0, 0.05) is 17.8 Å². The lowest BCUT2D eigenvalue weighted by Crippen LogP contribution is -2.32. The standard InChI is InChI=1S/C12H17N3O/c13-8-9-1-2-11(7-12(9)14)16-10-3-5-15-6-4-10/h1-2,7-8,10,14-15H,3-6,13H2/b9-8-,14-12?. The van der Waals surface area contributed by atoms with Gasteiger partial charge in [-0.25, -0.2) is 0 Å². The van der Waals surface area contributed by atoms with E-state index in [9.17, 15) is 0 Å². The Balaban J connectivity index is 1.96. The monoisotopic (exact) mass is 219 g/mol. The highest BCUT2D eigenvalue weighted by Gasteiger charge is 2.16. The lowest BCUT2D eigenvalue weighted by Gasteiger charge is -2.25. The second-order valence-corrected chi connectivity index (χ2v) is 3.98. The van der Waals surface area contributed by atoms with Crippen LogP contribution in [0.15, 0.2) is 35.8 Å². The molecule has 16 heavy (non-hydrogen) atoms. The van der Waals surface area contributed by atoms with Crippen LogP contribution in [-0.4, -0.2) is 24.9 Å². The van der Waals surface area contributed by atoms with Crippen molar-refractivity contribution < 1.29 is 4.74 Å². The Kier molecular flexibility index (Phi) is 3.41. The Labute approximate surface area is 95.4 Å². The van der Waals surface area contributed by atoms with Crippen molar-refractivity contribution >= 4 is 5.71 Å². The molecule has 1 saturated heterocycles. The third-order valence-corrected chi connectivity index (χ3v) is 2.79. The predicted molar refractivity (Wildman–Crippen MR) is 64.2 cm³/mol. The third kappa shape index (κ3) is 2.52. The molecule has 1 aliphatic heterocycles. The summed E-state index contributed by atoms with van der Waals surface area (Å²) in [6.07, 6.45) is 9.18. The fourth-order valence-electron chi connectivity index (χ4n) is 1.86. The Morgan fingerprint density at radius 2 is 2.12 bits per heavy atom. The maximum atomic E-state index is 7.73. The Morgan fingerprint density at radius 1 is 1.38 bits per heavy atom. The topological polar surface area (TPSA) is 71.1 Å². The van der Waals surface area contributed by atoms with Crippen molar-refractivity contribution in [1.29, 1.82) is 5.41 Å². The van der Waals surface area contributed by atoms with Crippen molar-refractivity contribution in [3.63, 3.8) is 0 Å². The van der Waals surface area contributed by atoms with Crippen LogP contribution in [0.1, 0.15) is 12.8 Å². The molecule has 0 aromatic rings. The molecule has 0 atom stereocenters. The summed E-state index contributed by atoms with van der Waals surface area (Å²) in [5.41, 5.74) is 6.54. The first-order chi connectivity index (χ1) is 7.79. The van der Waals surface area contributed by atoms with Crippen molar-refractivity contribution in [3.8, 4) is 0 Å². The number of hydrogen-bond donors (Lipinski definition) is 3. The van der Waals surface area contributed by atoms with E-state index in [-0.39, 0.29) is 6.10 Å². The molecule has 1 aliphatic carbocycles. The minimum atomic E-state index is 0.272. The molecule has 0 radical (unpaired) electrons. The van der Waals surface area contributed by atoms with E-state index in [2.05, 4.69) is 5.32 Å². The van der Waals surface area contributed by atoms with E-state index < -0.39 is 0 Å². The molecule has 0 bridgehead atoms. The fraction of sp³-hybridized carbons (Fsp3) is 0.417. The molecule has 0 unspecified atom stereocenters. The van der Waals surface area contributed by atoms with E-state index >= 15 is 0 Å². The molecule has 86 valence electrons. The summed E-state index contributed by atoms with van der Waals surface area (Å²) in [6, 6.07) is 0. The quantitative estimate of drug-likeness (QED) is 0.650. The van der Waals surface area contributed by atoms with Gasteiger partial charge in [0.1, 0.15) is 11.9 Å². The highest BCUT2D eigenvalue weighted by molar-refractivity contribution is 6.09. The summed E-state index contributed by atoms with van der Waals surface area (Å²) in [6.45, 7) is 2.01. The number of ether oxygens (including phenoxy) is 1. The predicted octanol–water partition coefficient (Wildman–Crippen LogP) is 1.07. The lowest BCUT2D eigenvalue weighted by atomic mass is 10.1. The molecule has 0 spiro atoms. The molecule has 0 aromatic heterocycles. The molecule has 1 heterocycles. The maximum absolute atomic E-state index is 7.73. The first-order valence-electron chi connectivity index (χ1n) is 5.57. The van der Waals surface area contributed by atoms with Crippen molar-refractivity contribution in [2.24, 2.45) is 5.73 Å². The SMILES string of the molecule is N=C1C=C(OC2CCNCC2)C=C/C1=C/N. The summed E-state index contributed by atoms with van der Waals surface area (Å²) in [5.74, 6) is 0.766. The Morgan fingerprint density at radius 3 is 2.75 bits per heavy atom. The summed E-state index contributed by atoms with van der Waals surface area (Å²) < 4.78 is 5.82. The highest BCUT2D eigenvalue weighted by Crippen LogP contribution is 2.18. The smallest absolute Gasteiger partial charge is 0.121 e. The third-order valence-electron chi connectivity index (χ3n) is 2.79. The molecule has 4 N–H and O–H groups in total. The first kappa shape index (κ1) is 11.0. The van der Waals surface area contributed by atoms with E-state index in [0.717, 1.165) is 37.3 Å². The van der Waals surface area contributed by atoms with E-state index in [4.69, 9.17) is 15.9 Å². The maximum Gasteiger partial charge on any atom is 0.121 e. The molecule has 0 aromatic carbocycles. The van der Waals surface area contributed by atoms with Gasteiger partial charge < -0.3 is 21.2 Å². The van der Waals surface area contributed by atoms with Gasteiger partial charge in [-0.3, -0.25) is 0 Å². The molecule has 0 saturated carbocycles. The number of rotatable bonds is 2. The molecule has 4 heteroatoms. The van der Waals surface area contributed by atoms with Crippen LogP contribution in [0.4, 0.5) is 0 Å². The van der Waals surface area contributed by atoms with Crippen LogP contribution >= 0.6 is 0 Å². The van der Waals surface area contributed by atoms with Crippen LogP contribution in [0, 0.1) is 5.41 Å². The zero-order valence-corrected chi connectivity index (χ0v) is 9.20. The van der Waals surface area contributed by atoms with Gasteiger partial charge in [-0.2, -0.15) is 0 Å². The Hall–Kier alpha value is -1.55. The second-order valence-electron chi connectivity index (χ2n) is 3.98. The summed E-state index contributed by atoms with van der Waals surface area (Å²) >= 11 is 0. The minimum Gasteiger partial charge on any atom is -0.490 e. The number of piperidine rings is 1. The molecule has 2 rings (SSSR count). The van der Waals surface area contributed by atoms with Crippen LogP contribution in [0.25, 0.3) is 0 Å². The summed E-state index contributed by atoms with van der Waals surface area (Å²) in [7, 11) is 0. The van der Waals surface area contributed by atoms with Crippen molar-refractivity contribution in [2.45, 2.75) is 18.9 Å². The highest BCUT2D eigenvalue weighted by atomic mass is 16.5. The van der Waals surface area contributed by atoms with Gasteiger partial charge >= 0.3 is 0 Å². The summed E-state index contributed by atoms with van der Waals surface area (Å²) in [4.78, 5) is 0. The minimum absolute atomic E-state index is 0.272. The van der Waals surface area contributed by atoms with Crippen LogP contribution in [-0.2, 0) is 4.74 Å². The molecular weight excluding hydrogens is 202 g/mol. The number of allylic oxidation sites excluding steroid dienone is 4. The number of nitrogens with two attached hydrogens (primary N) is 1. The summed E-state index contributed by atoms with van der Waals surface area (Å²) in [5, 5.41) is 11.0. The molecular formula is C12H17N3O.